The Morgan fingerprint density at radius 2 is 1.42 bits per heavy atom. The van der Waals surface area contributed by atoms with E-state index in [2.05, 4.69) is 31.0 Å². The topological polar surface area (TPSA) is 12.9 Å². The zero-order chi connectivity index (χ0) is 13.8. The third-order valence-electron chi connectivity index (χ3n) is 4.02. The van der Waals surface area contributed by atoms with Crippen LogP contribution < -0.4 is 0 Å². The van der Waals surface area contributed by atoms with Crippen LogP contribution in [0.1, 0.15) is 77.2 Å². The Balaban J connectivity index is 2.30. The zero-order valence-electron chi connectivity index (χ0n) is 12.9. The standard InChI is InChI=1S/C18H31N/c1-3-5-7-9-17(10-8-6-4-2)11-12-18-13-15-19-16-14-18/h13-17H,3-12H2,1-2H3. The van der Waals surface area contributed by atoms with Gasteiger partial charge in [-0.05, 0) is 36.5 Å². The SMILES string of the molecule is CCCCCC(CCCCC)CCc1ccncc1. The molecule has 1 heteroatoms. The summed E-state index contributed by atoms with van der Waals surface area (Å²) in [6.45, 7) is 4.59. The van der Waals surface area contributed by atoms with Crippen LogP contribution in [0.4, 0.5) is 0 Å². The van der Waals surface area contributed by atoms with Gasteiger partial charge >= 0.3 is 0 Å². The van der Waals surface area contributed by atoms with Crippen molar-refractivity contribution in [3.63, 3.8) is 0 Å². The lowest BCUT2D eigenvalue weighted by molar-refractivity contribution is 0.386. The molecule has 0 aliphatic heterocycles. The van der Waals surface area contributed by atoms with Gasteiger partial charge in [-0.3, -0.25) is 4.98 Å². The number of rotatable bonds is 11. The van der Waals surface area contributed by atoms with Crippen molar-refractivity contribution in [3.05, 3.63) is 30.1 Å². The molecule has 0 unspecified atom stereocenters. The highest BCUT2D eigenvalue weighted by Crippen LogP contribution is 2.22. The van der Waals surface area contributed by atoms with Gasteiger partial charge in [-0.1, -0.05) is 65.2 Å². The first-order valence-electron chi connectivity index (χ1n) is 8.25. The van der Waals surface area contributed by atoms with Crippen molar-refractivity contribution in [2.45, 2.75) is 78.1 Å². The van der Waals surface area contributed by atoms with Gasteiger partial charge in [-0.2, -0.15) is 0 Å². The first kappa shape index (κ1) is 16.2. The normalized spacial score (nSPS) is 11.1. The maximum atomic E-state index is 4.09. The number of aromatic nitrogens is 1. The van der Waals surface area contributed by atoms with Crippen LogP contribution in [-0.2, 0) is 6.42 Å². The Labute approximate surface area is 119 Å². The summed E-state index contributed by atoms with van der Waals surface area (Å²) in [4.78, 5) is 4.09. The molecule has 1 nitrogen and oxygen atoms in total. The molecular weight excluding hydrogens is 230 g/mol. The van der Waals surface area contributed by atoms with Gasteiger partial charge in [0.15, 0.2) is 0 Å². The average Bonchev–Trinajstić information content (AvgIpc) is 2.45. The second kappa shape index (κ2) is 11.0. The largest absolute Gasteiger partial charge is 0.265 e. The van der Waals surface area contributed by atoms with Crippen molar-refractivity contribution in [2.75, 3.05) is 0 Å². The number of hydrogen-bond acceptors (Lipinski definition) is 1. The van der Waals surface area contributed by atoms with Crippen molar-refractivity contribution < 1.29 is 0 Å². The van der Waals surface area contributed by atoms with Gasteiger partial charge in [0, 0.05) is 12.4 Å². The molecule has 108 valence electrons. The highest BCUT2D eigenvalue weighted by atomic mass is 14.6. The van der Waals surface area contributed by atoms with Crippen molar-refractivity contribution in [1.29, 1.82) is 0 Å². The van der Waals surface area contributed by atoms with E-state index in [1.165, 1.54) is 69.8 Å². The van der Waals surface area contributed by atoms with Gasteiger partial charge < -0.3 is 0 Å². The predicted molar refractivity (Wildman–Crippen MR) is 84.3 cm³/mol. The van der Waals surface area contributed by atoms with E-state index in [-0.39, 0.29) is 0 Å². The van der Waals surface area contributed by atoms with E-state index in [1.54, 1.807) is 0 Å². The molecule has 0 saturated carbocycles. The van der Waals surface area contributed by atoms with Crippen molar-refractivity contribution in [3.8, 4) is 0 Å². The minimum atomic E-state index is 0.936. The van der Waals surface area contributed by atoms with Crippen molar-refractivity contribution >= 4 is 0 Å². The molecule has 1 aromatic heterocycles. The van der Waals surface area contributed by atoms with E-state index >= 15 is 0 Å². The second-order valence-electron chi connectivity index (χ2n) is 5.75. The molecule has 0 spiro atoms. The second-order valence-corrected chi connectivity index (χ2v) is 5.75. The lowest BCUT2D eigenvalue weighted by atomic mass is 9.89. The van der Waals surface area contributed by atoms with E-state index in [1.807, 2.05) is 12.4 Å². The van der Waals surface area contributed by atoms with Gasteiger partial charge in [0.25, 0.3) is 0 Å². The minimum Gasteiger partial charge on any atom is -0.265 e. The fourth-order valence-corrected chi connectivity index (χ4v) is 2.72. The summed E-state index contributed by atoms with van der Waals surface area (Å²) in [5.41, 5.74) is 1.45. The molecule has 0 radical (unpaired) electrons. The van der Waals surface area contributed by atoms with Gasteiger partial charge in [-0.25, -0.2) is 0 Å². The molecule has 0 saturated heterocycles. The van der Waals surface area contributed by atoms with Crippen LogP contribution in [0.25, 0.3) is 0 Å². The lowest BCUT2D eigenvalue weighted by Crippen LogP contribution is -2.03. The molecule has 0 aliphatic carbocycles. The lowest BCUT2D eigenvalue weighted by Gasteiger charge is -2.16. The molecule has 0 atom stereocenters. The summed E-state index contributed by atoms with van der Waals surface area (Å²) in [5, 5.41) is 0. The van der Waals surface area contributed by atoms with E-state index in [0.717, 1.165) is 5.92 Å². The number of nitrogens with zero attached hydrogens (tertiary/aromatic N) is 1. The van der Waals surface area contributed by atoms with E-state index in [4.69, 9.17) is 0 Å². The Bertz CT molecular complexity index is 284. The van der Waals surface area contributed by atoms with Gasteiger partial charge in [-0.15, -0.1) is 0 Å². The van der Waals surface area contributed by atoms with Crippen LogP contribution in [-0.4, -0.2) is 4.98 Å². The van der Waals surface area contributed by atoms with Crippen LogP contribution in [0.2, 0.25) is 0 Å². The Kier molecular flexibility index (Phi) is 9.40. The van der Waals surface area contributed by atoms with Crippen LogP contribution in [0.15, 0.2) is 24.5 Å². The maximum absolute atomic E-state index is 4.09. The Morgan fingerprint density at radius 3 is 1.95 bits per heavy atom. The third kappa shape index (κ3) is 8.02. The average molecular weight is 261 g/mol. The van der Waals surface area contributed by atoms with Crippen molar-refractivity contribution in [1.82, 2.24) is 4.98 Å². The molecule has 0 aliphatic rings. The first-order valence-corrected chi connectivity index (χ1v) is 8.25. The van der Waals surface area contributed by atoms with E-state index < -0.39 is 0 Å². The zero-order valence-corrected chi connectivity index (χ0v) is 12.9. The van der Waals surface area contributed by atoms with Crippen LogP contribution >= 0.6 is 0 Å². The smallest absolute Gasteiger partial charge is 0.0270 e. The Hall–Kier alpha value is -0.850. The molecule has 0 bridgehead atoms. The minimum absolute atomic E-state index is 0.936. The molecule has 19 heavy (non-hydrogen) atoms. The monoisotopic (exact) mass is 261 g/mol. The molecule has 0 fully saturated rings. The summed E-state index contributed by atoms with van der Waals surface area (Å²) in [6, 6.07) is 4.32. The number of hydrogen-bond donors (Lipinski definition) is 0. The highest BCUT2D eigenvalue weighted by molar-refractivity contribution is 5.09. The summed E-state index contributed by atoms with van der Waals surface area (Å²) in [6.07, 6.45) is 17.6. The molecular formula is C18H31N. The summed E-state index contributed by atoms with van der Waals surface area (Å²) >= 11 is 0. The molecule has 1 rings (SSSR count). The van der Waals surface area contributed by atoms with Crippen LogP contribution in [0.5, 0.6) is 0 Å². The number of unbranched alkanes of at least 4 members (excludes halogenated alkanes) is 4. The molecule has 0 amide bonds. The first-order chi connectivity index (χ1) is 9.36. The number of pyridine rings is 1. The Morgan fingerprint density at radius 1 is 0.842 bits per heavy atom. The molecule has 0 N–H and O–H groups in total. The quantitative estimate of drug-likeness (QED) is 0.459. The van der Waals surface area contributed by atoms with Gasteiger partial charge in [0.2, 0.25) is 0 Å². The summed E-state index contributed by atoms with van der Waals surface area (Å²) in [5.74, 6) is 0.936. The van der Waals surface area contributed by atoms with Gasteiger partial charge in [0.1, 0.15) is 0 Å². The maximum Gasteiger partial charge on any atom is 0.0270 e. The highest BCUT2D eigenvalue weighted by Gasteiger charge is 2.08. The van der Waals surface area contributed by atoms with Gasteiger partial charge in [0.05, 0.1) is 0 Å². The predicted octanol–water partition coefficient (Wildman–Crippen LogP) is 5.79. The van der Waals surface area contributed by atoms with E-state index in [0.29, 0.717) is 0 Å². The summed E-state index contributed by atoms with van der Waals surface area (Å²) < 4.78 is 0. The third-order valence-corrected chi connectivity index (χ3v) is 4.02. The van der Waals surface area contributed by atoms with Crippen molar-refractivity contribution in [2.24, 2.45) is 5.92 Å². The van der Waals surface area contributed by atoms with Crippen LogP contribution in [0, 0.1) is 5.92 Å². The molecule has 0 aromatic carbocycles. The number of aryl methyl sites for hydroxylation is 1. The molecule has 1 aromatic rings. The fraction of sp³-hybridized carbons (Fsp3) is 0.722. The summed E-state index contributed by atoms with van der Waals surface area (Å²) in [7, 11) is 0. The molecule has 1 heterocycles. The fourth-order valence-electron chi connectivity index (χ4n) is 2.72. The van der Waals surface area contributed by atoms with E-state index in [9.17, 15) is 0 Å². The van der Waals surface area contributed by atoms with Crippen LogP contribution in [0.3, 0.4) is 0 Å².